The highest BCUT2D eigenvalue weighted by Crippen LogP contribution is 2.44. The number of ether oxygens (including phenoxy) is 1. The molecular formula is C46H29N3OS. The largest absolute Gasteiger partial charge is 0.488 e. The summed E-state index contributed by atoms with van der Waals surface area (Å²) in [7, 11) is 0. The number of hydrogen-bond donors (Lipinski definition) is 0. The molecule has 0 aliphatic carbocycles. The van der Waals surface area contributed by atoms with Crippen LogP contribution in [0.25, 0.3) is 87.7 Å². The second-order valence-electron chi connectivity index (χ2n) is 12.7. The third kappa shape index (κ3) is 5.18. The van der Waals surface area contributed by atoms with Gasteiger partial charge >= 0.3 is 0 Å². The van der Waals surface area contributed by atoms with E-state index < -0.39 is 0 Å². The van der Waals surface area contributed by atoms with Crippen molar-refractivity contribution >= 4 is 31.5 Å². The Hall–Kier alpha value is -6.43. The summed E-state index contributed by atoms with van der Waals surface area (Å²) in [5.41, 5.74) is 10.9. The van der Waals surface area contributed by atoms with E-state index in [0.717, 1.165) is 44.7 Å². The van der Waals surface area contributed by atoms with E-state index in [-0.39, 0.29) is 0 Å². The number of benzene rings is 7. The van der Waals surface area contributed by atoms with E-state index in [1.807, 2.05) is 41.7 Å². The predicted octanol–water partition coefficient (Wildman–Crippen LogP) is 12.1. The maximum absolute atomic E-state index is 6.16. The Labute approximate surface area is 299 Å². The van der Waals surface area contributed by atoms with Crippen molar-refractivity contribution in [2.75, 3.05) is 0 Å². The number of rotatable bonds is 5. The first-order valence-corrected chi connectivity index (χ1v) is 17.9. The number of fused-ring (bicyclic) bond motifs is 6. The van der Waals surface area contributed by atoms with E-state index in [1.165, 1.54) is 36.9 Å². The number of aromatic nitrogens is 3. The molecule has 0 radical (unpaired) electrons. The molecular weight excluding hydrogens is 643 g/mol. The average Bonchev–Trinajstić information content (AvgIpc) is 3.60. The highest BCUT2D eigenvalue weighted by molar-refractivity contribution is 7.26. The van der Waals surface area contributed by atoms with Gasteiger partial charge in [-0.15, -0.1) is 11.3 Å². The van der Waals surface area contributed by atoms with Gasteiger partial charge in [-0.2, -0.15) is 0 Å². The van der Waals surface area contributed by atoms with Crippen LogP contribution in [0.5, 0.6) is 5.75 Å². The van der Waals surface area contributed by atoms with Gasteiger partial charge in [0.2, 0.25) is 0 Å². The van der Waals surface area contributed by atoms with Crippen molar-refractivity contribution in [1.29, 1.82) is 0 Å². The summed E-state index contributed by atoms with van der Waals surface area (Å²) in [5, 5.41) is 2.57. The van der Waals surface area contributed by atoms with Crippen LogP contribution in [0.15, 0.2) is 164 Å². The number of thiophene rings is 1. The molecule has 4 nitrogen and oxygen atoms in total. The molecule has 0 N–H and O–H groups in total. The molecule has 0 fully saturated rings. The van der Waals surface area contributed by atoms with Crippen LogP contribution < -0.4 is 4.74 Å². The minimum absolute atomic E-state index is 0.584. The van der Waals surface area contributed by atoms with Gasteiger partial charge in [0.1, 0.15) is 12.4 Å². The van der Waals surface area contributed by atoms with E-state index in [4.69, 9.17) is 19.7 Å². The second-order valence-corrected chi connectivity index (χ2v) is 13.8. The molecule has 0 spiro atoms. The lowest BCUT2D eigenvalue weighted by Gasteiger charge is -2.23. The zero-order chi connectivity index (χ0) is 33.7. The molecule has 2 aromatic heterocycles. The highest BCUT2D eigenvalue weighted by atomic mass is 32.1. The molecule has 0 bridgehead atoms. The molecule has 51 heavy (non-hydrogen) atoms. The standard InChI is InChI=1S/C46H29N3OS/c1-2-11-30(12-3-1)44-47-45(31-25-23-29(24-26-31)35-18-10-21-40-42(35)36-16-5-4-13-34(36)28-50-40)49-46(48-44)33-15-8-14-32(27-33)37-19-9-20-39-38-17-6-7-22-41(38)51-43(37)39/h1-27H,28H2. The van der Waals surface area contributed by atoms with Gasteiger partial charge in [0.15, 0.2) is 17.5 Å². The Morgan fingerprint density at radius 1 is 0.431 bits per heavy atom. The summed E-state index contributed by atoms with van der Waals surface area (Å²) in [5.74, 6) is 2.82. The van der Waals surface area contributed by atoms with Crippen molar-refractivity contribution in [3.63, 3.8) is 0 Å². The van der Waals surface area contributed by atoms with Crippen molar-refractivity contribution in [2.24, 2.45) is 0 Å². The van der Waals surface area contributed by atoms with Gasteiger partial charge in [-0.05, 0) is 51.6 Å². The Balaban J connectivity index is 1.07. The molecule has 9 aromatic rings. The zero-order valence-corrected chi connectivity index (χ0v) is 28.3. The van der Waals surface area contributed by atoms with Crippen LogP contribution >= 0.6 is 11.3 Å². The average molecular weight is 672 g/mol. The SMILES string of the molecule is c1ccc(-c2nc(-c3ccc(-c4cccc5c4-c4ccccc4CO5)cc3)nc(-c3cccc(-c4cccc5c4sc4ccccc45)c3)n2)cc1. The molecule has 0 amide bonds. The maximum Gasteiger partial charge on any atom is 0.164 e. The molecule has 0 atom stereocenters. The molecule has 0 unspecified atom stereocenters. The summed E-state index contributed by atoms with van der Waals surface area (Å²) in [4.78, 5) is 15.1. The molecule has 1 aliphatic heterocycles. The van der Waals surface area contributed by atoms with Crippen molar-refractivity contribution in [3.8, 4) is 73.3 Å². The van der Waals surface area contributed by atoms with Gasteiger partial charge in [-0.3, -0.25) is 0 Å². The summed E-state index contributed by atoms with van der Waals surface area (Å²) >= 11 is 1.84. The van der Waals surface area contributed by atoms with Gasteiger partial charge in [0.05, 0.1) is 0 Å². The van der Waals surface area contributed by atoms with E-state index in [1.54, 1.807) is 0 Å². The molecule has 3 heterocycles. The summed E-state index contributed by atoms with van der Waals surface area (Å²) in [6.45, 7) is 0.584. The van der Waals surface area contributed by atoms with Crippen LogP contribution in [0.4, 0.5) is 0 Å². The topological polar surface area (TPSA) is 47.9 Å². The molecule has 5 heteroatoms. The van der Waals surface area contributed by atoms with Crippen molar-refractivity contribution in [1.82, 2.24) is 15.0 Å². The molecule has 7 aromatic carbocycles. The Morgan fingerprint density at radius 3 is 1.88 bits per heavy atom. The number of hydrogen-bond acceptors (Lipinski definition) is 5. The lowest BCUT2D eigenvalue weighted by atomic mass is 9.89. The van der Waals surface area contributed by atoms with Crippen LogP contribution in [0, 0.1) is 0 Å². The third-order valence-electron chi connectivity index (χ3n) is 9.65. The van der Waals surface area contributed by atoms with E-state index in [9.17, 15) is 0 Å². The summed E-state index contributed by atoms with van der Waals surface area (Å²) < 4.78 is 8.74. The normalized spacial score (nSPS) is 12.0. The molecule has 0 saturated carbocycles. The summed E-state index contributed by atoms with van der Waals surface area (Å²) in [6.07, 6.45) is 0. The van der Waals surface area contributed by atoms with Crippen LogP contribution in [0.1, 0.15) is 5.56 Å². The first kappa shape index (κ1) is 29.5. The summed E-state index contributed by atoms with van der Waals surface area (Å²) in [6, 6.07) is 57.2. The second kappa shape index (κ2) is 12.2. The lowest BCUT2D eigenvalue weighted by molar-refractivity contribution is 0.302. The quantitative estimate of drug-likeness (QED) is 0.183. The van der Waals surface area contributed by atoms with Gasteiger partial charge in [0.25, 0.3) is 0 Å². The molecule has 0 saturated heterocycles. The Kier molecular flexibility index (Phi) is 7.03. The van der Waals surface area contributed by atoms with Gasteiger partial charge in [0, 0.05) is 42.4 Å². The van der Waals surface area contributed by atoms with Crippen molar-refractivity contribution in [3.05, 3.63) is 169 Å². The van der Waals surface area contributed by atoms with Crippen molar-refractivity contribution < 1.29 is 4.74 Å². The minimum atomic E-state index is 0.584. The first-order chi connectivity index (χ1) is 25.3. The molecule has 1 aliphatic rings. The zero-order valence-electron chi connectivity index (χ0n) is 27.5. The van der Waals surface area contributed by atoms with Crippen LogP contribution in [-0.4, -0.2) is 15.0 Å². The van der Waals surface area contributed by atoms with Gasteiger partial charge < -0.3 is 4.74 Å². The van der Waals surface area contributed by atoms with Crippen LogP contribution in [0.3, 0.4) is 0 Å². The maximum atomic E-state index is 6.16. The van der Waals surface area contributed by atoms with Gasteiger partial charge in [-0.25, -0.2) is 15.0 Å². The predicted molar refractivity (Wildman–Crippen MR) is 210 cm³/mol. The van der Waals surface area contributed by atoms with E-state index in [0.29, 0.717) is 24.1 Å². The van der Waals surface area contributed by atoms with Crippen LogP contribution in [0.2, 0.25) is 0 Å². The van der Waals surface area contributed by atoms with Crippen molar-refractivity contribution in [2.45, 2.75) is 6.61 Å². The Bertz CT molecular complexity index is 2750. The third-order valence-corrected chi connectivity index (χ3v) is 10.9. The minimum Gasteiger partial charge on any atom is -0.488 e. The monoisotopic (exact) mass is 671 g/mol. The fraction of sp³-hybridized carbons (Fsp3) is 0.0217. The highest BCUT2D eigenvalue weighted by Gasteiger charge is 2.21. The van der Waals surface area contributed by atoms with Crippen LogP contribution in [-0.2, 0) is 6.61 Å². The van der Waals surface area contributed by atoms with E-state index >= 15 is 0 Å². The van der Waals surface area contributed by atoms with Gasteiger partial charge in [-0.1, -0.05) is 146 Å². The fourth-order valence-electron chi connectivity index (χ4n) is 7.16. The molecule has 10 rings (SSSR count). The van der Waals surface area contributed by atoms with E-state index in [2.05, 4.69) is 133 Å². The Morgan fingerprint density at radius 2 is 1.02 bits per heavy atom. The fourth-order valence-corrected chi connectivity index (χ4v) is 8.40. The first-order valence-electron chi connectivity index (χ1n) is 17.0. The smallest absolute Gasteiger partial charge is 0.164 e. The number of nitrogens with zero attached hydrogens (tertiary/aromatic N) is 3. The lowest BCUT2D eigenvalue weighted by Crippen LogP contribution is -2.06. The molecule has 240 valence electrons.